The molecule has 428 valence electrons. The van der Waals surface area contributed by atoms with Gasteiger partial charge in [0.1, 0.15) is 0 Å². The average Bonchev–Trinajstić information content (AvgIpc) is 3.38. The summed E-state index contributed by atoms with van der Waals surface area (Å²) in [5.74, 6) is -0.0124. The highest BCUT2D eigenvalue weighted by molar-refractivity contribution is 5.76. The van der Waals surface area contributed by atoms with Crippen LogP contribution in [0.2, 0.25) is 0 Å². The predicted octanol–water partition coefficient (Wildman–Crippen LogP) is 20.8. The molecule has 0 aliphatic carbocycles. The number of nitrogens with one attached hydrogen (secondary N) is 1. The third-order valence-electron chi connectivity index (χ3n) is 15.6. The molecule has 0 bridgehead atoms. The number of esters is 1. The van der Waals surface area contributed by atoms with Gasteiger partial charge < -0.3 is 20.3 Å². The molecule has 0 aromatic heterocycles. The van der Waals surface area contributed by atoms with Gasteiger partial charge in [-0.2, -0.15) is 0 Å². The van der Waals surface area contributed by atoms with Gasteiger partial charge in [-0.3, -0.25) is 9.59 Å². The first-order valence-corrected chi connectivity index (χ1v) is 32.9. The van der Waals surface area contributed by atoms with E-state index in [0.29, 0.717) is 25.9 Å². The number of hydrogen-bond donors (Lipinski definition) is 3. The minimum Gasteiger partial charge on any atom is -0.466 e. The Morgan fingerprint density at radius 3 is 0.986 bits per heavy atom. The summed E-state index contributed by atoms with van der Waals surface area (Å²) in [4.78, 5) is 24.5. The quantitative estimate of drug-likeness (QED) is 0.0320. The number of carbonyl (C=O) groups is 2. The van der Waals surface area contributed by atoms with E-state index in [9.17, 15) is 19.8 Å². The van der Waals surface area contributed by atoms with Crippen LogP contribution >= 0.6 is 0 Å². The molecule has 2 unspecified atom stereocenters. The smallest absolute Gasteiger partial charge is 0.305 e. The van der Waals surface area contributed by atoms with Gasteiger partial charge in [0.2, 0.25) is 5.91 Å². The molecule has 72 heavy (non-hydrogen) atoms. The second-order valence-electron chi connectivity index (χ2n) is 22.8. The minimum atomic E-state index is -0.659. The molecule has 0 aromatic carbocycles. The summed E-state index contributed by atoms with van der Waals surface area (Å²) in [5.41, 5.74) is 0. The van der Waals surface area contributed by atoms with Gasteiger partial charge in [0.25, 0.3) is 0 Å². The van der Waals surface area contributed by atoms with E-state index in [-0.39, 0.29) is 18.5 Å². The first kappa shape index (κ1) is 70.6. The van der Waals surface area contributed by atoms with Gasteiger partial charge in [0, 0.05) is 12.8 Å². The lowest BCUT2D eigenvalue weighted by molar-refractivity contribution is -0.143. The fourth-order valence-electron chi connectivity index (χ4n) is 10.5. The fraction of sp³-hybridized carbons (Fsp3) is 0.939. The molecule has 1 amide bonds. The zero-order chi connectivity index (χ0) is 52.2. The second kappa shape index (κ2) is 62.1. The summed E-state index contributed by atoms with van der Waals surface area (Å²) in [6.45, 7) is 4.96. The standard InChI is InChI=1S/C66H129NO5/c1-3-5-7-9-11-13-14-15-33-37-40-44-48-52-56-60-66(71)72-61-57-53-49-45-41-38-35-32-30-28-26-24-22-20-18-16-17-19-21-23-25-27-29-31-34-36-39-43-47-51-55-59-65(70)67-63(62-68)64(69)58-54-50-46-42-12-10-8-6-4-2/h18,20,63-64,68-69H,3-17,19,21-62H2,1-2H3,(H,67,70)/b20-18-. The van der Waals surface area contributed by atoms with E-state index >= 15 is 0 Å². The normalized spacial score (nSPS) is 12.6. The van der Waals surface area contributed by atoms with E-state index in [1.165, 1.54) is 302 Å². The molecule has 0 aliphatic heterocycles. The van der Waals surface area contributed by atoms with Crippen LogP contribution in [0.25, 0.3) is 0 Å². The van der Waals surface area contributed by atoms with Crippen molar-refractivity contribution in [1.29, 1.82) is 0 Å². The summed E-state index contributed by atoms with van der Waals surface area (Å²) in [5, 5.41) is 23.1. The number of hydrogen-bond acceptors (Lipinski definition) is 5. The van der Waals surface area contributed by atoms with Gasteiger partial charge >= 0.3 is 5.97 Å². The van der Waals surface area contributed by atoms with Gasteiger partial charge in [-0.25, -0.2) is 0 Å². The third kappa shape index (κ3) is 57.9. The van der Waals surface area contributed by atoms with Crippen LogP contribution in [0.3, 0.4) is 0 Å². The van der Waals surface area contributed by atoms with Crippen LogP contribution in [0, 0.1) is 0 Å². The Hall–Kier alpha value is -1.40. The fourth-order valence-corrected chi connectivity index (χ4v) is 10.5. The summed E-state index contributed by atoms with van der Waals surface area (Å²) in [7, 11) is 0. The predicted molar refractivity (Wildman–Crippen MR) is 315 cm³/mol. The lowest BCUT2D eigenvalue weighted by atomic mass is 10.0. The molecule has 0 radical (unpaired) electrons. The maximum atomic E-state index is 12.4. The molecule has 0 saturated carbocycles. The van der Waals surface area contributed by atoms with Crippen LogP contribution in [-0.4, -0.2) is 47.4 Å². The molecule has 0 heterocycles. The largest absolute Gasteiger partial charge is 0.466 e. The van der Waals surface area contributed by atoms with Crippen LogP contribution in [0.1, 0.15) is 373 Å². The zero-order valence-electron chi connectivity index (χ0n) is 48.9. The van der Waals surface area contributed by atoms with Crippen molar-refractivity contribution in [2.45, 2.75) is 386 Å². The molecule has 0 aromatic rings. The molecule has 6 heteroatoms. The highest BCUT2D eigenvalue weighted by atomic mass is 16.5. The summed E-state index contributed by atoms with van der Waals surface area (Å²) in [6, 6.07) is -0.537. The molecule has 0 spiro atoms. The maximum Gasteiger partial charge on any atom is 0.305 e. The Balaban J connectivity index is 3.31. The number of carbonyl (C=O) groups excluding carboxylic acids is 2. The third-order valence-corrected chi connectivity index (χ3v) is 15.6. The minimum absolute atomic E-state index is 0.0212. The molecular formula is C66H129NO5. The van der Waals surface area contributed by atoms with E-state index in [1.54, 1.807) is 0 Å². The van der Waals surface area contributed by atoms with Crippen LogP contribution in [0.5, 0.6) is 0 Å². The first-order chi connectivity index (χ1) is 35.5. The van der Waals surface area contributed by atoms with Crippen LogP contribution in [0.4, 0.5) is 0 Å². The van der Waals surface area contributed by atoms with E-state index in [2.05, 4.69) is 31.3 Å². The Morgan fingerprint density at radius 2 is 0.653 bits per heavy atom. The molecule has 0 fully saturated rings. The number of ether oxygens (including phenoxy) is 1. The number of rotatable bonds is 62. The summed E-state index contributed by atoms with van der Waals surface area (Å²) < 4.78 is 5.50. The monoisotopic (exact) mass is 1020 g/mol. The van der Waals surface area contributed by atoms with Gasteiger partial charge in [-0.1, -0.05) is 321 Å². The molecule has 0 rings (SSSR count). The highest BCUT2D eigenvalue weighted by Gasteiger charge is 2.20. The van der Waals surface area contributed by atoms with Crippen molar-refractivity contribution in [3.8, 4) is 0 Å². The number of aliphatic hydroxyl groups is 2. The zero-order valence-corrected chi connectivity index (χ0v) is 48.9. The maximum absolute atomic E-state index is 12.4. The Bertz CT molecular complexity index is 1080. The Kier molecular flexibility index (Phi) is 60.9. The number of unbranched alkanes of at least 4 members (excludes halogenated alkanes) is 49. The molecular weight excluding hydrogens is 887 g/mol. The van der Waals surface area contributed by atoms with Gasteiger partial charge in [0.05, 0.1) is 25.4 Å². The van der Waals surface area contributed by atoms with Crippen molar-refractivity contribution < 1.29 is 24.5 Å². The second-order valence-corrected chi connectivity index (χ2v) is 22.8. The van der Waals surface area contributed by atoms with Crippen LogP contribution in [0.15, 0.2) is 12.2 Å². The number of aliphatic hydroxyl groups excluding tert-OH is 2. The number of allylic oxidation sites excluding steroid dienone is 2. The van der Waals surface area contributed by atoms with E-state index in [1.807, 2.05) is 0 Å². The topological polar surface area (TPSA) is 95.9 Å². The van der Waals surface area contributed by atoms with Crippen molar-refractivity contribution in [2.24, 2.45) is 0 Å². The SMILES string of the molecule is CCCCCCCCCCCCCCCCCC(=O)OCCCCCCCCCCCCCC/C=C\CCCCCCCCCCCCCCCCCC(=O)NC(CO)C(O)CCCCCCCCCCC. The molecule has 0 aliphatic rings. The van der Waals surface area contributed by atoms with Crippen LogP contribution < -0.4 is 5.32 Å². The van der Waals surface area contributed by atoms with Crippen molar-refractivity contribution in [3.63, 3.8) is 0 Å². The number of amides is 1. The molecule has 6 nitrogen and oxygen atoms in total. The molecule has 3 N–H and O–H groups in total. The summed E-state index contributed by atoms with van der Waals surface area (Å²) in [6.07, 6.45) is 75.5. The van der Waals surface area contributed by atoms with E-state index in [0.717, 1.165) is 38.5 Å². The highest BCUT2D eigenvalue weighted by Crippen LogP contribution is 2.18. The average molecular weight is 1020 g/mol. The van der Waals surface area contributed by atoms with Gasteiger partial charge in [-0.05, 0) is 51.4 Å². The Labute approximate surface area is 450 Å². The van der Waals surface area contributed by atoms with Crippen molar-refractivity contribution >= 4 is 11.9 Å². The van der Waals surface area contributed by atoms with Crippen molar-refractivity contribution in [1.82, 2.24) is 5.32 Å². The van der Waals surface area contributed by atoms with Crippen LogP contribution in [-0.2, 0) is 14.3 Å². The lowest BCUT2D eigenvalue weighted by Crippen LogP contribution is -2.45. The molecule has 2 atom stereocenters. The van der Waals surface area contributed by atoms with Gasteiger partial charge in [-0.15, -0.1) is 0 Å². The van der Waals surface area contributed by atoms with E-state index < -0.39 is 12.1 Å². The van der Waals surface area contributed by atoms with Crippen molar-refractivity contribution in [3.05, 3.63) is 12.2 Å². The van der Waals surface area contributed by atoms with Crippen molar-refractivity contribution in [2.75, 3.05) is 13.2 Å². The molecule has 0 saturated heterocycles. The van der Waals surface area contributed by atoms with E-state index in [4.69, 9.17) is 4.74 Å². The summed E-state index contributed by atoms with van der Waals surface area (Å²) >= 11 is 0. The Morgan fingerprint density at radius 1 is 0.375 bits per heavy atom. The van der Waals surface area contributed by atoms with Gasteiger partial charge in [0.15, 0.2) is 0 Å². The first-order valence-electron chi connectivity index (χ1n) is 32.9. The lowest BCUT2D eigenvalue weighted by Gasteiger charge is -2.22.